The van der Waals surface area contributed by atoms with Crippen molar-refractivity contribution in [2.45, 2.75) is 65.8 Å². The number of hydrogen-bond acceptors (Lipinski definition) is 1. The van der Waals surface area contributed by atoms with Crippen LogP contribution in [-0.2, 0) is 0 Å². The van der Waals surface area contributed by atoms with Crippen molar-refractivity contribution in [3.63, 3.8) is 0 Å². The summed E-state index contributed by atoms with van der Waals surface area (Å²) in [6, 6.07) is 0.470. The highest BCUT2D eigenvalue weighted by atomic mass is 14.7. The second-order valence-electron chi connectivity index (χ2n) is 5.97. The van der Waals surface area contributed by atoms with Crippen LogP contribution in [0, 0.1) is 17.3 Å². The van der Waals surface area contributed by atoms with Gasteiger partial charge >= 0.3 is 0 Å². The molecule has 1 aliphatic rings. The van der Waals surface area contributed by atoms with E-state index in [-0.39, 0.29) is 0 Å². The molecule has 0 bridgehead atoms. The maximum Gasteiger partial charge on any atom is 0.00418 e. The van der Waals surface area contributed by atoms with Crippen LogP contribution in [0.4, 0.5) is 0 Å². The van der Waals surface area contributed by atoms with E-state index >= 15 is 0 Å². The van der Waals surface area contributed by atoms with Crippen LogP contribution in [0.2, 0.25) is 0 Å². The molecule has 1 saturated carbocycles. The van der Waals surface area contributed by atoms with Crippen molar-refractivity contribution in [3.05, 3.63) is 0 Å². The molecule has 0 heterocycles. The van der Waals surface area contributed by atoms with Crippen LogP contribution < -0.4 is 5.73 Å². The second-order valence-corrected chi connectivity index (χ2v) is 5.97. The first-order chi connectivity index (χ1) is 6.45. The van der Waals surface area contributed by atoms with Crippen LogP contribution in [0.1, 0.15) is 59.8 Å². The normalized spacial score (nSPS) is 34.1. The topological polar surface area (TPSA) is 26.0 Å². The van der Waals surface area contributed by atoms with Gasteiger partial charge in [0.25, 0.3) is 0 Å². The summed E-state index contributed by atoms with van der Waals surface area (Å²) < 4.78 is 0. The Bertz CT molecular complexity index is 174. The third-order valence-electron chi connectivity index (χ3n) is 4.24. The molecule has 1 aliphatic carbocycles. The largest absolute Gasteiger partial charge is 0.328 e. The van der Waals surface area contributed by atoms with Crippen LogP contribution in [-0.4, -0.2) is 6.04 Å². The number of nitrogens with two attached hydrogens (primary N) is 1. The van der Waals surface area contributed by atoms with Gasteiger partial charge in [0.05, 0.1) is 0 Å². The second kappa shape index (κ2) is 4.65. The SMILES string of the molecule is CCC(C)CC1CC(N)CCC1(C)C. The fourth-order valence-electron chi connectivity index (χ4n) is 2.63. The van der Waals surface area contributed by atoms with Crippen molar-refractivity contribution in [2.75, 3.05) is 0 Å². The molecule has 0 saturated heterocycles. The van der Waals surface area contributed by atoms with Gasteiger partial charge < -0.3 is 5.73 Å². The summed E-state index contributed by atoms with van der Waals surface area (Å²) in [5, 5.41) is 0. The van der Waals surface area contributed by atoms with Crippen LogP contribution in [0.3, 0.4) is 0 Å². The molecule has 3 unspecified atom stereocenters. The molecular weight excluding hydrogens is 170 g/mol. The van der Waals surface area contributed by atoms with E-state index in [1.54, 1.807) is 0 Å². The molecule has 3 atom stereocenters. The zero-order chi connectivity index (χ0) is 10.8. The van der Waals surface area contributed by atoms with Crippen LogP contribution >= 0.6 is 0 Å². The van der Waals surface area contributed by atoms with E-state index < -0.39 is 0 Å². The van der Waals surface area contributed by atoms with Crippen molar-refractivity contribution in [3.8, 4) is 0 Å². The molecule has 1 rings (SSSR count). The lowest BCUT2D eigenvalue weighted by Gasteiger charge is -2.42. The van der Waals surface area contributed by atoms with Crippen LogP contribution in [0.5, 0.6) is 0 Å². The molecule has 0 aromatic heterocycles. The lowest BCUT2D eigenvalue weighted by Crippen LogP contribution is -2.38. The van der Waals surface area contributed by atoms with Gasteiger partial charge in [0.2, 0.25) is 0 Å². The van der Waals surface area contributed by atoms with Gasteiger partial charge in [-0.1, -0.05) is 34.1 Å². The minimum atomic E-state index is 0.470. The fourth-order valence-corrected chi connectivity index (χ4v) is 2.63. The lowest BCUT2D eigenvalue weighted by molar-refractivity contribution is 0.101. The van der Waals surface area contributed by atoms with E-state index in [2.05, 4.69) is 27.7 Å². The smallest absolute Gasteiger partial charge is 0.00418 e. The minimum absolute atomic E-state index is 0.470. The van der Waals surface area contributed by atoms with Gasteiger partial charge in [-0.3, -0.25) is 0 Å². The third kappa shape index (κ3) is 2.98. The third-order valence-corrected chi connectivity index (χ3v) is 4.24. The predicted molar refractivity (Wildman–Crippen MR) is 63.2 cm³/mol. The van der Waals surface area contributed by atoms with Gasteiger partial charge in [-0.25, -0.2) is 0 Å². The first-order valence-electron chi connectivity index (χ1n) is 6.21. The highest BCUT2D eigenvalue weighted by Crippen LogP contribution is 2.43. The summed E-state index contributed by atoms with van der Waals surface area (Å²) in [6.45, 7) is 9.51. The minimum Gasteiger partial charge on any atom is -0.328 e. The van der Waals surface area contributed by atoms with E-state index in [9.17, 15) is 0 Å². The monoisotopic (exact) mass is 197 g/mol. The molecule has 1 heteroatoms. The Morgan fingerprint density at radius 1 is 1.43 bits per heavy atom. The zero-order valence-electron chi connectivity index (χ0n) is 10.3. The molecule has 84 valence electrons. The lowest BCUT2D eigenvalue weighted by atomic mass is 9.65. The summed E-state index contributed by atoms with van der Waals surface area (Å²) in [5.74, 6) is 1.71. The van der Waals surface area contributed by atoms with Gasteiger partial charge in [-0.2, -0.15) is 0 Å². The summed E-state index contributed by atoms with van der Waals surface area (Å²) in [5.41, 5.74) is 6.59. The summed E-state index contributed by atoms with van der Waals surface area (Å²) >= 11 is 0. The van der Waals surface area contributed by atoms with Crippen molar-refractivity contribution in [2.24, 2.45) is 23.0 Å². The summed E-state index contributed by atoms with van der Waals surface area (Å²) in [6.07, 6.45) is 6.47. The Morgan fingerprint density at radius 2 is 2.07 bits per heavy atom. The molecule has 14 heavy (non-hydrogen) atoms. The maximum absolute atomic E-state index is 6.06. The molecule has 0 aliphatic heterocycles. The first-order valence-corrected chi connectivity index (χ1v) is 6.21. The van der Waals surface area contributed by atoms with Crippen LogP contribution in [0.25, 0.3) is 0 Å². The van der Waals surface area contributed by atoms with Crippen molar-refractivity contribution < 1.29 is 0 Å². The van der Waals surface area contributed by atoms with E-state index in [1.807, 2.05) is 0 Å². The number of hydrogen-bond donors (Lipinski definition) is 1. The average molecular weight is 197 g/mol. The first kappa shape index (κ1) is 12.0. The molecule has 0 radical (unpaired) electrons. The molecule has 0 spiro atoms. The van der Waals surface area contributed by atoms with E-state index in [0.717, 1.165) is 11.8 Å². The van der Waals surface area contributed by atoms with E-state index in [4.69, 9.17) is 5.73 Å². The Balaban J connectivity index is 2.54. The van der Waals surface area contributed by atoms with Gasteiger partial charge in [0, 0.05) is 6.04 Å². The highest BCUT2D eigenvalue weighted by molar-refractivity contribution is 4.88. The Hall–Kier alpha value is -0.0400. The predicted octanol–water partition coefficient (Wildman–Crippen LogP) is 3.58. The van der Waals surface area contributed by atoms with Gasteiger partial charge in [-0.15, -0.1) is 0 Å². The molecule has 1 fully saturated rings. The Labute approximate surface area is 89.5 Å². The molecular formula is C13H27N. The van der Waals surface area contributed by atoms with Gasteiger partial charge in [0.15, 0.2) is 0 Å². The molecule has 1 nitrogen and oxygen atoms in total. The Morgan fingerprint density at radius 3 is 2.64 bits per heavy atom. The van der Waals surface area contributed by atoms with Crippen molar-refractivity contribution >= 4 is 0 Å². The summed E-state index contributed by atoms with van der Waals surface area (Å²) in [7, 11) is 0. The molecule has 0 aromatic carbocycles. The standard InChI is InChI=1S/C13H27N/c1-5-10(2)8-11-9-12(14)6-7-13(11,3)4/h10-12H,5-9,14H2,1-4H3. The van der Waals surface area contributed by atoms with Crippen LogP contribution in [0.15, 0.2) is 0 Å². The Kier molecular flexibility index (Phi) is 4.00. The van der Waals surface area contributed by atoms with Gasteiger partial charge in [-0.05, 0) is 42.9 Å². The quantitative estimate of drug-likeness (QED) is 0.735. The van der Waals surface area contributed by atoms with Crippen molar-refractivity contribution in [1.82, 2.24) is 0 Å². The van der Waals surface area contributed by atoms with E-state index in [1.165, 1.54) is 32.1 Å². The van der Waals surface area contributed by atoms with E-state index in [0.29, 0.717) is 11.5 Å². The molecule has 0 aromatic rings. The molecule has 2 N–H and O–H groups in total. The zero-order valence-corrected chi connectivity index (χ0v) is 10.3. The molecule has 0 amide bonds. The average Bonchev–Trinajstić information content (AvgIpc) is 2.12. The fraction of sp³-hybridized carbons (Fsp3) is 1.00. The van der Waals surface area contributed by atoms with Crippen molar-refractivity contribution in [1.29, 1.82) is 0 Å². The highest BCUT2D eigenvalue weighted by Gasteiger charge is 2.35. The maximum atomic E-state index is 6.06. The van der Waals surface area contributed by atoms with Gasteiger partial charge in [0.1, 0.15) is 0 Å². The summed E-state index contributed by atoms with van der Waals surface area (Å²) in [4.78, 5) is 0. The number of rotatable bonds is 3.